The Morgan fingerprint density at radius 3 is 2.80 bits per heavy atom. The molecule has 1 atom stereocenters. The molecule has 0 amide bonds. The molecule has 0 radical (unpaired) electrons. The fourth-order valence-corrected chi connectivity index (χ4v) is 3.32. The molecule has 1 aliphatic heterocycles. The van der Waals surface area contributed by atoms with Gasteiger partial charge in [-0.2, -0.15) is 5.26 Å². The second-order valence-corrected chi connectivity index (χ2v) is 6.39. The number of hydrogen-bond donors (Lipinski definition) is 0. The molecule has 0 spiro atoms. The third-order valence-electron chi connectivity index (χ3n) is 4.70. The molecular formula is C20H19N5. The Balaban J connectivity index is 1.64. The van der Waals surface area contributed by atoms with Crippen molar-refractivity contribution in [2.24, 2.45) is 0 Å². The number of rotatable bonds is 3. The van der Waals surface area contributed by atoms with Crippen LogP contribution < -0.4 is 0 Å². The van der Waals surface area contributed by atoms with Gasteiger partial charge in [0.15, 0.2) is 6.19 Å². The maximum Gasteiger partial charge on any atom is 0.181 e. The molecular weight excluding hydrogens is 310 g/mol. The second-order valence-electron chi connectivity index (χ2n) is 6.39. The van der Waals surface area contributed by atoms with Crippen molar-refractivity contribution < 1.29 is 0 Å². The van der Waals surface area contributed by atoms with Gasteiger partial charge < -0.3 is 4.57 Å². The lowest BCUT2D eigenvalue weighted by Crippen LogP contribution is -2.21. The molecule has 5 nitrogen and oxygen atoms in total. The summed E-state index contributed by atoms with van der Waals surface area (Å²) in [5, 5.41) is 9.24. The first kappa shape index (κ1) is 15.4. The number of aryl methyl sites for hydroxylation is 1. The topological polar surface area (TPSA) is 57.7 Å². The highest BCUT2D eigenvalue weighted by molar-refractivity contribution is 5.70. The van der Waals surface area contributed by atoms with Crippen molar-refractivity contribution in [1.29, 1.82) is 5.26 Å². The van der Waals surface area contributed by atoms with Crippen molar-refractivity contribution in [3.63, 3.8) is 0 Å². The van der Waals surface area contributed by atoms with E-state index in [4.69, 9.17) is 0 Å². The van der Waals surface area contributed by atoms with Crippen LogP contribution in [0.25, 0.3) is 22.4 Å². The van der Waals surface area contributed by atoms with Crippen LogP contribution in [-0.2, 0) is 0 Å². The molecule has 5 heteroatoms. The van der Waals surface area contributed by atoms with Gasteiger partial charge in [-0.1, -0.05) is 24.3 Å². The normalized spacial score (nSPS) is 16.8. The molecule has 124 valence electrons. The van der Waals surface area contributed by atoms with E-state index in [1.165, 1.54) is 0 Å². The zero-order valence-corrected chi connectivity index (χ0v) is 14.1. The van der Waals surface area contributed by atoms with Gasteiger partial charge in [0, 0.05) is 35.8 Å². The van der Waals surface area contributed by atoms with Crippen molar-refractivity contribution in [3.8, 4) is 28.6 Å². The summed E-state index contributed by atoms with van der Waals surface area (Å²) in [6, 6.07) is 12.4. The molecule has 1 unspecified atom stereocenters. The molecule has 2 aromatic heterocycles. The predicted octanol–water partition coefficient (Wildman–Crippen LogP) is 4.00. The van der Waals surface area contributed by atoms with E-state index in [1.807, 2.05) is 47.2 Å². The average molecular weight is 329 g/mol. The standard InChI is InChI=1S/C20H19N5/c1-15-7-8-18(11-22-15)16-4-2-5-17(10-16)19-12-25(14-23-19)20-6-3-9-24(20)13-21/h2,4-5,7-8,10-12,14,20H,3,6,9H2,1H3. The predicted molar refractivity (Wildman–Crippen MR) is 96.2 cm³/mol. The molecule has 1 saturated heterocycles. The zero-order chi connectivity index (χ0) is 17.2. The third-order valence-corrected chi connectivity index (χ3v) is 4.70. The summed E-state index contributed by atoms with van der Waals surface area (Å²) < 4.78 is 2.05. The lowest BCUT2D eigenvalue weighted by atomic mass is 10.0. The van der Waals surface area contributed by atoms with Gasteiger partial charge in [0.05, 0.1) is 12.0 Å². The van der Waals surface area contributed by atoms with Crippen LogP contribution in [0.3, 0.4) is 0 Å². The van der Waals surface area contributed by atoms with E-state index >= 15 is 0 Å². The van der Waals surface area contributed by atoms with Gasteiger partial charge in [-0.05, 0) is 37.5 Å². The molecule has 4 rings (SSSR count). The Morgan fingerprint density at radius 2 is 2.00 bits per heavy atom. The van der Waals surface area contributed by atoms with Gasteiger partial charge >= 0.3 is 0 Å². The SMILES string of the molecule is Cc1ccc(-c2cccc(-c3cn(C4CCCN4C#N)cn3)c2)cn1. The van der Waals surface area contributed by atoms with Crippen molar-refractivity contribution in [2.45, 2.75) is 25.9 Å². The fourth-order valence-electron chi connectivity index (χ4n) is 3.32. The summed E-state index contributed by atoms with van der Waals surface area (Å²) in [4.78, 5) is 10.8. The van der Waals surface area contributed by atoms with Gasteiger partial charge in [0.2, 0.25) is 0 Å². The lowest BCUT2D eigenvalue weighted by Gasteiger charge is -2.19. The van der Waals surface area contributed by atoms with Crippen molar-refractivity contribution in [2.75, 3.05) is 6.54 Å². The zero-order valence-electron chi connectivity index (χ0n) is 14.1. The molecule has 0 N–H and O–H groups in total. The molecule has 1 fully saturated rings. The highest BCUT2D eigenvalue weighted by Gasteiger charge is 2.25. The van der Waals surface area contributed by atoms with Crippen LogP contribution in [0.2, 0.25) is 0 Å². The minimum atomic E-state index is 0.0933. The molecule has 1 aromatic carbocycles. The number of nitriles is 1. The number of aromatic nitrogens is 3. The second kappa shape index (κ2) is 6.40. The van der Waals surface area contributed by atoms with Gasteiger partial charge in [-0.3, -0.25) is 9.88 Å². The molecule has 0 saturated carbocycles. The van der Waals surface area contributed by atoms with E-state index in [-0.39, 0.29) is 6.17 Å². The monoisotopic (exact) mass is 329 g/mol. The highest BCUT2D eigenvalue weighted by Crippen LogP contribution is 2.29. The molecule has 0 aliphatic carbocycles. The van der Waals surface area contributed by atoms with Gasteiger partial charge in [0.1, 0.15) is 6.17 Å². The number of nitrogens with zero attached hydrogens (tertiary/aromatic N) is 5. The Kier molecular flexibility index (Phi) is 3.95. The van der Waals surface area contributed by atoms with E-state index in [2.05, 4.69) is 40.4 Å². The first-order valence-electron chi connectivity index (χ1n) is 8.48. The van der Waals surface area contributed by atoms with Crippen LogP contribution in [0.5, 0.6) is 0 Å². The molecule has 3 heterocycles. The van der Waals surface area contributed by atoms with E-state index in [9.17, 15) is 5.26 Å². The number of hydrogen-bond acceptors (Lipinski definition) is 4. The quantitative estimate of drug-likeness (QED) is 0.682. The summed E-state index contributed by atoms with van der Waals surface area (Å²) in [6.07, 6.45) is 10.2. The Labute approximate surface area is 147 Å². The Morgan fingerprint density at radius 1 is 1.12 bits per heavy atom. The first-order valence-corrected chi connectivity index (χ1v) is 8.48. The highest BCUT2D eigenvalue weighted by atomic mass is 15.3. The van der Waals surface area contributed by atoms with E-state index in [1.54, 1.807) is 0 Å². The minimum Gasteiger partial charge on any atom is -0.315 e. The number of imidazole rings is 1. The van der Waals surface area contributed by atoms with Crippen LogP contribution in [0.4, 0.5) is 0 Å². The Hall–Kier alpha value is -3.13. The number of benzene rings is 1. The molecule has 0 bridgehead atoms. The van der Waals surface area contributed by atoms with Crippen LogP contribution in [0.15, 0.2) is 55.1 Å². The lowest BCUT2D eigenvalue weighted by molar-refractivity contribution is 0.281. The van der Waals surface area contributed by atoms with Crippen LogP contribution in [-0.4, -0.2) is 26.0 Å². The summed E-state index contributed by atoms with van der Waals surface area (Å²) in [7, 11) is 0. The summed E-state index contributed by atoms with van der Waals surface area (Å²) in [5.74, 6) is 0. The third kappa shape index (κ3) is 2.99. The number of pyridine rings is 1. The molecule has 3 aromatic rings. The number of likely N-dealkylation sites (tertiary alicyclic amines) is 1. The summed E-state index contributed by atoms with van der Waals surface area (Å²) in [6.45, 7) is 2.81. The maximum atomic E-state index is 9.24. The van der Waals surface area contributed by atoms with Gasteiger partial charge in [-0.15, -0.1) is 0 Å². The Bertz CT molecular complexity index is 920. The molecule has 1 aliphatic rings. The van der Waals surface area contributed by atoms with Gasteiger partial charge in [0.25, 0.3) is 0 Å². The van der Waals surface area contributed by atoms with Crippen molar-refractivity contribution in [1.82, 2.24) is 19.4 Å². The van der Waals surface area contributed by atoms with Crippen molar-refractivity contribution >= 4 is 0 Å². The van der Waals surface area contributed by atoms with Gasteiger partial charge in [-0.25, -0.2) is 4.98 Å². The smallest absolute Gasteiger partial charge is 0.181 e. The minimum absolute atomic E-state index is 0.0933. The van der Waals surface area contributed by atoms with E-state index in [0.717, 1.165) is 47.5 Å². The fraction of sp³-hybridized carbons (Fsp3) is 0.250. The van der Waals surface area contributed by atoms with Crippen LogP contribution in [0, 0.1) is 18.4 Å². The first-order chi connectivity index (χ1) is 12.2. The van der Waals surface area contributed by atoms with E-state index < -0.39 is 0 Å². The van der Waals surface area contributed by atoms with Crippen molar-refractivity contribution in [3.05, 3.63) is 60.8 Å². The maximum absolute atomic E-state index is 9.24. The largest absolute Gasteiger partial charge is 0.315 e. The summed E-state index contributed by atoms with van der Waals surface area (Å²) in [5.41, 5.74) is 5.22. The average Bonchev–Trinajstić information content (AvgIpc) is 3.31. The summed E-state index contributed by atoms with van der Waals surface area (Å²) >= 11 is 0. The van der Waals surface area contributed by atoms with Crippen LogP contribution in [0.1, 0.15) is 24.7 Å². The van der Waals surface area contributed by atoms with Crippen LogP contribution >= 0.6 is 0 Å². The molecule has 25 heavy (non-hydrogen) atoms. The van der Waals surface area contributed by atoms with E-state index in [0.29, 0.717) is 0 Å².